The Labute approximate surface area is 196 Å². The van der Waals surface area contributed by atoms with E-state index >= 15 is 0 Å². The summed E-state index contributed by atoms with van der Waals surface area (Å²) in [7, 11) is 0. The fourth-order valence-electron chi connectivity index (χ4n) is 2.87. The number of carbonyl (C=O) groups is 3. The van der Waals surface area contributed by atoms with Gasteiger partial charge in [0.25, 0.3) is 16.8 Å². The number of rotatable bonds is 9. The van der Waals surface area contributed by atoms with Gasteiger partial charge in [-0.25, -0.2) is 0 Å². The number of thioether (sulfide) groups is 1. The molecule has 1 N–H and O–H groups in total. The van der Waals surface area contributed by atoms with Crippen LogP contribution in [0.4, 0.5) is 10.5 Å². The quantitative estimate of drug-likeness (QED) is 0.307. The minimum atomic E-state index is -1.30. The number of nitro benzene ring substituents is 1. The lowest BCUT2D eigenvalue weighted by Crippen LogP contribution is -2.33. The average molecular weight is 493 g/mol. The molecule has 2 amide bonds. The van der Waals surface area contributed by atoms with E-state index in [1.807, 2.05) is 0 Å². The van der Waals surface area contributed by atoms with Crippen LogP contribution >= 0.6 is 23.4 Å². The lowest BCUT2D eigenvalue weighted by atomic mass is 10.1. The lowest BCUT2D eigenvalue weighted by Gasteiger charge is -2.15. The molecular formula is C21H17ClN2O8S. The molecule has 2 aromatic carbocycles. The van der Waals surface area contributed by atoms with E-state index < -0.39 is 28.6 Å². The van der Waals surface area contributed by atoms with Crippen molar-refractivity contribution in [3.63, 3.8) is 0 Å². The number of carbonyl (C=O) groups excluding carboxylic acids is 2. The van der Waals surface area contributed by atoms with Gasteiger partial charge in [0.2, 0.25) is 0 Å². The summed E-state index contributed by atoms with van der Waals surface area (Å²) in [5.41, 5.74) is 1.09. The number of carboxylic acids is 1. The van der Waals surface area contributed by atoms with E-state index in [2.05, 4.69) is 0 Å². The van der Waals surface area contributed by atoms with Crippen LogP contribution in [0.3, 0.4) is 0 Å². The molecule has 0 aliphatic carbocycles. The average Bonchev–Trinajstić information content (AvgIpc) is 3.00. The standard InChI is InChI=1S/C21H17ClN2O8S/c1-2-31-16-8-13(9-17-20(27)23(10-18(25)26)21(28)33-17)7-15(22)19(16)32-11-12-3-5-14(6-4-12)24(29)30/h3-9H,2,10-11H2,1H3,(H,25,26)/b17-9+. The van der Waals surface area contributed by atoms with Crippen molar-refractivity contribution >= 4 is 52.2 Å². The summed E-state index contributed by atoms with van der Waals surface area (Å²) >= 11 is 7.01. The predicted octanol–water partition coefficient (Wildman–Crippen LogP) is 4.35. The van der Waals surface area contributed by atoms with Crippen molar-refractivity contribution in [2.75, 3.05) is 13.2 Å². The summed E-state index contributed by atoms with van der Waals surface area (Å²) in [4.78, 5) is 46.2. The molecule has 1 aliphatic rings. The SMILES string of the molecule is CCOc1cc(/C=C2/SC(=O)N(CC(=O)O)C2=O)cc(Cl)c1OCc1ccc([N+](=O)[O-])cc1. The highest BCUT2D eigenvalue weighted by Gasteiger charge is 2.36. The summed E-state index contributed by atoms with van der Waals surface area (Å²) < 4.78 is 11.4. The zero-order valence-electron chi connectivity index (χ0n) is 17.1. The van der Waals surface area contributed by atoms with Crippen LogP contribution in [0.5, 0.6) is 11.5 Å². The maximum atomic E-state index is 12.4. The number of amides is 2. The third-order valence-electron chi connectivity index (χ3n) is 4.33. The highest BCUT2D eigenvalue weighted by Crippen LogP contribution is 2.39. The summed E-state index contributed by atoms with van der Waals surface area (Å²) in [6.45, 7) is 1.41. The van der Waals surface area contributed by atoms with E-state index in [0.717, 1.165) is 0 Å². The molecule has 0 saturated carbocycles. The largest absolute Gasteiger partial charge is 0.490 e. The van der Waals surface area contributed by atoms with Gasteiger partial charge in [0.1, 0.15) is 13.2 Å². The number of hydrogen-bond acceptors (Lipinski definition) is 8. The van der Waals surface area contributed by atoms with Crippen LogP contribution in [-0.2, 0) is 16.2 Å². The second-order valence-corrected chi connectivity index (χ2v) is 8.04. The van der Waals surface area contributed by atoms with Gasteiger partial charge in [-0.05, 0) is 60.2 Å². The van der Waals surface area contributed by atoms with Crippen molar-refractivity contribution in [1.29, 1.82) is 0 Å². The molecule has 2 aromatic rings. The van der Waals surface area contributed by atoms with E-state index in [0.29, 0.717) is 40.1 Å². The molecule has 3 rings (SSSR count). The second-order valence-electron chi connectivity index (χ2n) is 6.64. The Morgan fingerprint density at radius 3 is 2.55 bits per heavy atom. The van der Waals surface area contributed by atoms with E-state index in [9.17, 15) is 24.5 Å². The Bertz CT molecular complexity index is 1150. The monoisotopic (exact) mass is 492 g/mol. The van der Waals surface area contributed by atoms with Gasteiger partial charge < -0.3 is 14.6 Å². The molecule has 10 nitrogen and oxygen atoms in total. The van der Waals surface area contributed by atoms with Crippen molar-refractivity contribution < 1.29 is 33.9 Å². The molecule has 0 bridgehead atoms. The molecule has 1 saturated heterocycles. The number of ether oxygens (including phenoxy) is 2. The number of benzene rings is 2. The van der Waals surface area contributed by atoms with Gasteiger partial charge in [0, 0.05) is 12.1 Å². The Morgan fingerprint density at radius 2 is 1.94 bits per heavy atom. The van der Waals surface area contributed by atoms with Gasteiger partial charge >= 0.3 is 5.97 Å². The lowest BCUT2D eigenvalue weighted by molar-refractivity contribution is -0.384. The van der Waals surface area contributed by atoms with Crippen molar-refractivity contribution in [2.45, 2.75) is 13.5 Å². The number of non-ortho nitro benzene ring substituents is 1. The minimum absolute atomic E-state index is 0.0380. The molecule has 12 heteroatoms. The van der Waals surface area contributed by atoms with Crippen molar-refractivity contribution in [2.24, 2.45) is 0 Å². The second kappa shape index (κ2) is 10.4. The summed E-state index contributed by atoms with van der Waals surface area (Å²) in [6, 6.07) is 8.95. The fraction of sp³-hybridized carbons (Fsp3) is 0.190. The number of hydrogen-bond donors (Lipinski definition) is 1. The molecule has 1 heterocycles. The number of carboxylic acid groups (broad SMARTS) is 1. The third kappa shape index (κ3) is 5.82. The van der Waals surface area contributed by atoms with Crippen LogP contribution in [-0.4, -0.2) is 45.2 Å². The molecule has 1 aliphatic heterocycles. The van der Waals surface area contributed by atoms with Crippen LogP contribution < -0.4 is 9.47 Å². The van der Waals surface area contributed by atoms with Gasteiger partial charge in [-0.3, -0.25) is 29.4 Å². The van der Waals surface area contributed by atoms with Crippen molar-refractivity contribution in [3.05, 3.63) is 67.6 Å². The molecule has 172 valence electrons. The number of nitrogens with zero attached hydrogens (tertiary/aromatic N) is 2. The summed E-state index contributed by atoms with van der Waals surface area (Å²) in [6.07, 6.45) is 1.42. The highest BCUT2D eigenvalue weighted by molar-refractivity contribution is 8.18. The normalized spacial score (nSPS) is 14.6. The van der Waals surface area contributed by atoms with E-state index in [1.54, 1.807) is 25.1 Å². The molecular weight excluding hydrogens is 476 g/mol. The molecule has 0 radical (unpaired) electrons. The smallest absolute Gasteiger partial charge is 0.323 e. The van der Waals surface area contributed by atoms with E-state index in [4.69, 9.17) is 26.2 Å². The number of nitro groups is 1. The molecule has 1 fully saturated rings. The van der Waals surface area contributed by atoms with Crippen LogP contribution in [0.15, 0.2) is 41.3 Å². The Morgan fingerprint density at radius 1 is 1.24 bits per heavy atom. The van der Waals surface area contributed by atoms with Gasteiger partial charge in [0.05, 0.1) is 21.5 Å². The zero-order valence-corrected chi connectivity index (χ0v) is 18.7. The predicted molar refractivity (Wildman–Crippen MR) is 120 cm³/mol. The fourth-order valence-corrected chi connectivity index (χ4v) is 3.98. The molecule has 0 atom stereocenters. The van der Waals surface area contributed by atoms with Gasteiger partial charge in [-0.15, -0.1) is 0 Å². The molecule has 33 heavy (non-hydrogen) atoms. The first-order valence-corrected chi connectivity index (χ1v) is 10.7. The minimum Gasteiger partial charge on any atom is -0.490 e. The first-order chi connectivity index (χ1) is 15.7. The first-order valence-electron chi connectivity index (χ1n) is 9.49. The van der Waals surface area contributed by atoms with Gasteiger partial charge in [-0.2, -0.15) is 0 Å². The number of imide groups is 1. The summed E-state index contributed by atoms with van der Waals surface area (Å²) in [5, 5.41) is 19.1. The Hall–Kier alpha value is -3.57. The Balaban J connectivity index is 1.83. The Kier molecular flexibility index (Phi) is 7.56. The maximum absolute atomic E-state index is 12.4. The highest BCUT2D eigenvalue weighted by atomic mass is 35.5. The van der Waals surface area contributed by atoms with Gasteiger partial charge in [-0.1, -0.05) is 11.6 Å². The third-order valence-corrected chi connectivity index (χ3v) is 5.51. The van der Waals surface area contributed by atoms with Crippen molar-refractivity contribution in [3.8, 4) is 11.5 Å². The van der Waals surface area contributed by atoms with Gasteiger partial charge in [0.15, 0.2) is 11.5 Å². The topological polar surface area (TPSA) is 136 Å². The van der Waals surface area contributed by atoms with Crippen LogP contribution in [0.1, 0.15) is 18.1 Å². The number of aliphatic carboxylic acids is 1. The maximum Gasteiger partial charge on any atom is 0.323 e. The molecule has 0 unspecified atom stereocenters. The van der Waals surface area contributed by atoms with E-state index in [1.165, 1.54) is 24.3 Å². The van der Waals surface area contributed by atoms with E-state index in [-0.39, 0.29) is 28.0 Å². The van der Waals surface area contributed by atoms with Crippen LogP contribution in [0, 0.1) is 10.1 Å². The summed E-state index contributed by atoms with van der Waals surface area (Å²) in [5.74, 6) is -1.47. The van der Waals surface area contributed by atoms with Crippen molar-refractivity contribution in [1.82, 2.24) is 4.90 Å². The number of halogens is 1. The first kappa shape index (κ1) is 24.1. The zero-order chi connectivity index (χ0) is 24.1. The van der Waals surface area contributed by atoms with Crippen LogP contribution in [0.2, 0.25) is 5.02 Å². The van der Waals surface area contributed by atoms with Crippen LogP contribution in [0.25, 0.3) is 6.08 Å². The molecule has 0 aromatic heterocycles. The molecule has 0 spiro atoms.